The number of anilines is 1. The number of nitrogens with zero attached hydrogens (tertiary/aromatic N) is 3. The van der Waals surface area contributed by atoms with E-state index in [1.54, 1.807) is 105 Å². The average molecular weight is 1120 g/mol. The number of aliphatic carboxylic acids is 2. The summed E-state index contributed by atoms with van der Waals surface area (Å²) >= 11 is 12.1. The van der Waals surface area contributed by atoms with Gasteiger partial charge in [-0.15, -0.1) is 0 Å². The van der Waals surface area contributed by atoms with Gasteiger partial charge in [0.05, 0.1) is 31.9 Å². The summed E-state index contributed by atoms with van der Waals surface area (Å²) in [5, 5.41) is 20.2. The van der Waals surface area contributed by atoms with Gasteiger partial charge >= 0.3 is 11.9 Å². The number of hydrogen-bond donors (Lipinski definition) is 3. The van der Waals surface area contributed by atoms with Crippen LogP contribution in [0.4, 0.5) is 19.0 Å². The Bertz CT molecular complexity index is 2380. The van der Waals surface area contributed by atoms with Crippen molar-refractivity contribution >= 4 is 49.3 Å². The molecule has 4 aromatic carbocycles. The van der Waals surface area contributed by atoms with Gasteiger partial charge in [-0.25, -0.2) is 18.7 Å². The van der Waals surface area contributed by atoms with Gasteiger partial charge in [-0.3, -0.25) is 9.59 Å². The van der Waals surface area contributed by atoms with Gasteiger partial charge in [0.15, 0.2) is 0 Å². The van der Waals surface area contributed by atoms with E-state index < -0.39 is 17.9 Å². The Labute approximate surface area is 396 Å². The van der Waals surface area contributed by atoms with E-state index >= 15 is 8.78 Å². The molecule has 0 unspecified atom stereocenters. The van der Waals surface area contributed by atoms with Crippen molar-refractivity contribution in [3.8, 4) is 33.8 Å². The van der Waals surface area contributed by atoms with Gasteiger partial charge in [0, 0.05) is 81.8 Å². The molecule has 0 aliphatic carbocycles. The van der Waals surface area contributed by atoms with Gasteiger partial charge in [0.2, 0.25) is 5.95 Å². The van der Waals surface area contributed by atoms with E-state index in [9.17, 15) is 14.0 Å². The van der Waals surface area contributed by atoms with E-state index in [2.05, 4.69) is 23.7 Å². The first-order valence-electron chi connectivity index (χ1n) is 18.4. The second-order valence-corrected chi connectivity index (χ2v) is 13.7. The third-order valence-electron chi connectivity index (χ3n) is 8.51. The standard InChI is InChI=1S/C22H20ClFN2O3.C19H14ClF2NO.C3H7NO2.CH3.BH.U/c1-26(13-20(27)28)19-9-6-14(12-25-19)10-16-7-8-18(29-2)21(22(16)24)15-4-3-5-17(23)11-15;1-24-16-7-6-14(9-12-5-8-17(21)23-11-12)19(22)18(16)13-3-2-4-15(20)10-13;1-4-2-3(5)6;;;/h3-9,11-12H,10,13H2,1-2H3,(H,27,28);2-8,10-11H,9H2,1H3;4H,2H2,1H3,(H,5,6);1H3;1H;/q;;;-1;;/i;;;;1D;. The van der Waals surface area contributed by atoms with Crippen LogP contribution in [0.25, 0.3) is 22.3 Å². The summed E-state index contributed by atoms with van der Waals surface area (Å²) in [5.41, 5.74) is 4.48. The minimum absolute atomic E-state index is 0. The molecule has 6 aromatic rings. The zero-order valence-electron chi connectivity index (χ0n) is 35.6. The van der Waals surface area contributed by atoms with Crippen molar-refractivity contribution in [2.75, 3.05) is 46.3 Å². The molecule has 0 bridgehead atoms. The summed E-state index contributed by atoms with van der Waals surface area (Å²) in [5.74, 6) is -1.70. The number of pyridine rings is 2. The van der Waals surface area contributed by atoms with Crippen LogP contribution in [0, 0.1) is 56.1 Å². The predicted molar refractivity (Wildman–Crippen MR) is 237 cm³/mol. The van der Waals surface area contributed by atoms with E-state index in [4.69, 9.17) is 44.2 Å². The maximum absolute atomic E-state index is 15.4. The molecule has 10 nitrogen and oxygen atoms in total. The minimum Gasteiger partial charge on any atom is -0.496 e. The van der Waals surface area contributed by atoms with E-state index in [1.165, 1.54) is 31.4 Å². The van der Waals surface area contributed by atoms with Gasteiger partial charge in [0.25, 0.3) is 0 Å². The Morgan fingerprint density at radius 2 is 1.21 bits per heavy atom. The number of rotatable bonds is 13. The fourth-order valence-electron chi connectivity index (χ4n) is 5.78. The van der Waals surface area contributed by atoms with Crippen LogP contribution in [-0.4, -0.2) is 83.2 Å². The van der Waals surface area contributed by atoms with Crippen LogP contribution >= 0.6 is 23.2 Å². The summed E-state index contributed by atoms with van der Waals surface area (Å²) < 4.78 is 59.3. The van der Waals surface area contributed by atoms with Crippen molar-refractivity contribution in [2.45, 2.75) is 12.8 Å². The maximum atomic E-state index is 15.4. The number of methoxy groups -OCH3 is 2. The van der Waals surface area contributed by atoms with E-state index in [0.29, 0.717) is 73.6 Å². The zero-order chi connectivity index (χ0) is 45.1. The number of nitrogens with one attached hydrogen (secondary N) is 1. The first kappa shape index (κ1) is 53.1. The Balaban J connectivity index is 0.000000530. The summed E-state index contributed by atoms with van der Waals surface area (Å²) in [7, 11) is 9.98. The molecule has 0 saturated carbocycles. The van der Waals surface area contributed by atoms with E-state index in [-0.39, 0.29) is 63.3 Å². The predicted octanol–water partition coefficient (Wildman–Crippen LogP) is 9.03. The van der Waals surface area contributed by atoms with Gasteiger partial charge in [-0.1, -0.05) is 71.7 Å². The van der Waals surface area contributed by atoms with Crippen molar-refractivity contribution in [3.05, 3.63) is 167 Å². The van der Waals surface area contributed by atoms with Crippen LogP contribution in [0.1, 0.15) is 22.3 Å². The molecule has 0 amide bonds. The average Bonchev–Trinajstić information content (AvgIpc) is 3.24. The second kappa shape index (κ2) is 27.1. The molecular formula is C45H45BCl2F3N4O6U-. The van der Waals surface area contributed by atoms with Crippen LogP contribution in [-0.2, 0) is 22.4 Å². The number of ether oxygens (including phenoxy) is 2. The smallest absolute Gasteiger partial charge is 0.323 e. The van der Waals surface area contributed by atoms with Gasteiger partial charge in [0.1, 0.15) is 35.5 Å². The molecular weight excluding hydrogens is 1070 g/mol. The Morgan fingerprint density at radius 1 is 0.742 bits per heavy atom. The number of carbonyl (C=O) groups is 2. The molecule has 17 heteroatoms. The summed E-state index contributed by atoms with van der Waals surface area (Å²) in [6, 6.07) is 27.1. The molecule has 62 heavy (non-hydrogen) atoms. The third kappa shape index (κ3) is 16.0. The Kier molecular flexibility index (Phi) is 23.2. The number of carboxylic acid groups (broad SMARTS) is 2. The zero-order valence-corrected chi connectivity index (χ0v) is 40.2. The summed E-state index contributed by atoms with van der Waals surface area (Å²) in [6.07, 6.45) is 3.66. The fourth-order valence-corrected chi connectivity index (χ4v) is 6.16. The summed E-state index contributed by atoms with van der Waals surface area (Å²) in [6.45, 7) is -0.109. The molecule has 0 spiro atoms. The molecule has 0 fully saturated rings. The van der Waals surface area contributed by atoms with Crippen LogP contribution < -0.4 is 19.7 Å². The first-order valence-corrected chi connectivity index (χ1v) is 18.6. The molecule has 0 aliphatic heterocycles. The van der Waals surface area contributed by atoms with Gasteiger partial charge in [-0.2, -0.15) is 4.39 Å². The summed E-state index contributed by atoms with van der Waals surface area (Å²) in [4.78, 5) is 29.8. The third-order valence-corrected chi connectivity index (χ3v) is 8.98. The van der Waals surface area contributed by atoms with Crippen LogP contribution in [0.15, 0.2) is 109 Å². The minimum atomic E-state index is -0.938. The quantitative estimate of drug-likeness (QED) is 0.0585. The molecule has 0 saturated heterocycles. The topological polar surface area (TPSA) is 134 Å². The van der Waals surface area contributed by atoms with Crippen LogP contribution in [0.3, 0.4) is 0 Å². The molecule has 324 valence electrons. The van der Waals surface area contributed by atoms with E-state index in [1.807, 2.05) is 6.07 Å². The number of halogens is 5. The van der Waals surface area contributed by atoms with Crippen LogP contribution in [0.2, 0.25) is 10.0 Å². The molecule has 0 atom stereocenters. The van der Waals surface area contributed by atoms with Crippen molar-refractivity contribution in [1.82, 2.24) is 15.3 Å². The molecule has 3 N–H and O–H groups in total. The largest absolute Gasteiger partial charge is 0.496 e. The van der Waals surface area contributed by atoms with Crippen molar-refractivity contribution in [1.29, 1.82) is 1.34 Å². The SMILES string of the molecule is CNCC(=O)O.COc1ccc(Cc2ccc(F)nc2)c(F)c1-c1cccc(Cl)c1.COc1ccc(Cc2ccc(N(C)CC(=O)O)nc2)c(F)c1-c1cccc(Cl)c1.[2H][B].[CH3-].[U]. The number of hydrogen-bond acceptors (Lipinski definition) is 8. The number of aromatic nitrogens is 2. The van der Waals surface area contributed by atoms with Crippen LogP contribution in [0.5, 0.6) is 11.5 Å². The van der Waals surface area contributed by atoms with E-state index in [0.717, 1.165) is 11.1 Å². The van der Waals surface area contributed by atoms with Gasteiger partial charge in [-0.05, 0) is 90.3 Å². The maximum Gasteiger partial charge on any atom is 0.323 e. The number of benzene rings is 4. The fraction of sp³-hybridized carbons (Fsp3) is 0.178. The molecule has 2 heterocycles. The first-order chi connectivity index (χ1) is 29.2. The Hall–Kier alpha value is -5.03. The Morgan fingerprint density at radius 3 is 1.55 bits per heavy atom. The normalized spacial score (nSPS) is 9.98. The molecule has 2 aromatic heterocycles. The molecule has 6 rings (SSSR count). The number of likely N-dealkylation sites (N-methyl/N-ethyl adjacent to an activating group) is 2. The second-order valence-electron chi connectivity index (χ2n) is 12.8. The monoisotopic (exact) mass is 1110 g/mol. The van der Waals surface area contributed by atoms with Crippen molar-refractivity contribution in [2.24, 2.45) is 0 Å². The molecule has 0 aliphatic rings. The van der Waals surface area contributed by atoms with Crippen molar-refractivity contribution < 1.29 is 73.6 Å². The van der Waals surface area contributed by atoms with Crippen molar-refractivity contribution in [3.63, 3.8) is 0 Å². The molecule has 2 radical (unpaired) electrons. The number of carboxylic acids is 2. The van der Waals surface area contributed by atoms with Gasteiger partial charge < -0.3 is 37.3 Å².